The summed E-state index contributed by atoms with van der Waals surface area (Å²) in [5.74, 6) is 0.673. The highest BCUT2D eigenvalue weighted by molar-refractivity contribution is 7.13. The van der Waals surface area contributed by atoms with Gasteiger partial charge in [0.15, 0.2) is 5.82 Å². The van der Waals surface area contributed by atoms with E-state index >= 15 is 0 Å². The maximum Gasteiger partial charge on any atom is 0.246 e. The number of aliphatic hydroxyl groups is 1. The summed E-state index contributed by atoms with van der Waals surface area (Å²) in [6.07, 6.45) is 1.69. The average molecular weight is 879 g/mol. The van der Waals surface area contributed by atoms with Gasteiger partial charge in [-0.3, -0.25) is 19.3 Å². The number of carbonyl (C=O) groups excluding carboxylic acids is 3. The molecular formula is C47H62N10O5S. The second-order valence-electron chi connectivity index (χ2n) is 18.9. The van der Waals surface area contributed by atoms with Gasteiger partial charge in [-0.05, 0) is 80.4 Å². The minimum atomic E-state index is -0.864. The van der Waals surface area contributed by atoms with E-state index < -0.39 is 23.6 Å². The van der Waals surface area contributed by atoms with E-state index in [0.717, 1.165) is 91.9 Å². The lowest BCUT2D eigenvalue weighted by molar-refractivity contribution is -0.144. The Bertz CT molecular complexity index is 2260. The molecule has 3 amide bonds. The molecule has 8 rings (SSSR count). The Morgan fingerprint density at radius 3 is 2.44 bits per heavy atom. The first kappa shape index (κ1) is 44.4. The van der Waals surface area contributed by atoms with Gasteiger partial charge >= 0.3 is 0 Å². The predicted molar refractivity (Wildman–Crippen MR) is 245 cm³/mol. The first-order valence-electron chi connectivity index (χ1n) is 22.4. The van der Waals surface area contributed by atoms with Crippen LogP contribution >= 0.6 is 11.3 Å². The fourth-order valence-electron chi connectivity index (χ4n) is 9.61. The maximum absolute atomic E-state index is 14.2. The third-order valence-electron chi connectivity index (χ3n) is 13.3. The Kier molecular flexibility index (Phi) is 13.3. The molecule has 16 heteroatoms. The number of aromatic hydroxyl groups is 1. The van der Waals surface area contributed by atoms with Crippen LogP contribution in [0.1, 0.15) is 70.7 Å². The third-order valence-corrected chi connectivity index (χ3v) is 14.3. The lowest BCUT2D eigenvalue weighted by atomic mass is 9.85. The number of nitrogens with one attached hydrogen (secondary N) is 3. The van der Waals surface area contributed by atoms with Gasteiger partial charge in [0.25, 0.3) is 0 Å². The van der Waals surface area contributed by atoms with Gasteiger partial charge in [-0.1, -0.05) is 57.2 Å². The van der Waals surface area contributed by atoms with Crippen molar-refractivity contribution in [2.75, 3.05) is 69.1 Å². The fraction of sp³-hybridized carbons (Fsp3) is 0.532. The fourth-order valence-corrected chi connectivity index (χ4v) is 10.4. The number of fused-ring (bicyclic) bond motifs is 3. The molecule has 63 heavy (non-hydrogen) atoms. The SMILES string of the molecule is Cc1ncsc1-c1ccc(C(C)NC(=O)[C@@H]2C[C@@H](O)CN2C(=O)C(NC(=O)CCN2CCC(CN3CCN4c5cc(-c6ccccc6O)nnc5NC[C@@H]4C3)CC2)C(C)(C)C)cc1. The van der Waals surface area contributed by atoms with Crippen molar-refractivity contribution in [3.63, 3.8) is 0 Å². The second kappa shape index (κ2) is 18.9. The van der Waals surface area contributed by atoms with E-state index in [1.807, 2.05) is 82.6 Å². The number of anilines is 2. The van der Waals surface area contributed by atoms with Crippen molar-refractivity contribution in [2.24, 2.45) is 11.3 Å². The zero-order valence-corrected chi connectivity index (χ0v) is 37.9. The quantitative estimate of drug-likeness (QED) is 0.133. The largest absolute Gasteiger partial charge is 0.507 e. The van der Waals surface area contributed by atoms with Crippen molar-refractivity contribution in [1.29, 1.82) is 0 Å². The maximum atomic E-state index is 14.2. The molecule has 15 nitrogen and oxygen atoms in total. The number of benzene rings is 2. The number of para-hydroxylation sites is 1. The molecule has 0 saturated carbocycles. The van der Waals surface area contributed by atoms with Crippen LogP contribution in [0, 0.1) is 18.3 Å². The van der Waals surface area contributed by atoms with Crippen molar-refractivity contribution in [3.05, 3.63) is 71.4 Å². The van der Waals surface area contributed by atoms with Crippen molar-refractivity contribution in [2.45, 2.75) is 90.6 Å². The van der Waals surface area contributed by atoms with Crippen LogP contribution in [0.2, 0.25) is 0 Å². The molecule has 6 heterocycles. The number of likely N-dealkylation sites (tertiary alicyclic amines) is 2. The normalized spacial score (nSPS) is 21.8. The number of hydrogen-bond donors (Lipinski definition) is 5. The number of carbonyl (C=O) groups is 3. The van der Waals surface area contributed by atoms with Gasteiger partial charge in [-0.15, -0.1) is 21.5 Å². The summed E-state index contributed by atoms with van der Waals surface area (Å²) >= 11 is 1.59. The zero-order chi connectivity index (χ0) is 44.4. The lowest BCUT2D eigenvalue weighted by Gasteiger charge is -2.47. The average Bonchev–Trinajstić information content (AvgIpc) is 3.89. The third kappa shape index (κ3) is 10.1. The van der Waals surface area contributed by atoms with Gasteiger partial charge in [-0.25, -0.2) is 4.98 Å². The molecule has 4 aromatic rings. The molecule has 2 aromatic heterocycles. The van der Waals surface area contributed by atoms with Gasteiger partial charge in [-0.2, -0.15) is 0 Å². The summed E-state index contributed by atoms with van der Waals surface area (Å²) in [7, 11) is 0. The van der Waals surface area contributed by atoms with E-state index in [9.17, 15) is 24.6 Å². The van der Waals surface area contributed by atoms with Crippen LogP contribution in [-0.2, 0) is 14.4 Å². The van der Waals surface area contributed by atoms with E-state index in [2.05, 4.69) is 45.8 Å². The van der Waals surface area contributed by atoms with Crippen LogP contribution in [-0.4, -0.2) is 141 Å². The number of aromatic nitrogens is 3. The summed E-state index contributed by atoms with van der Waals surface area (Å²) in [4.78, 5) is 55.7. The highest BCUT2D eigenvalue weighted by Gasteiger charge is 2.45. The lowest BCUT2D eigenvalue weighted by Crippen LogP contribution is -2.58. The monoisotopic (exact) mass is 878 g/mol. The molecule has 5 atom stereocenters. The number of rotatable bonds is 12. The summed E-state index contributed by atoms with van der Waals surface area (Å²) < 4.78 is 0. The predicted octanol–water partition coefficient (Wildman–Crippen LogP) is 4.67. The number of phenols is 1. The number of β-amino-alcohol motifs (C(OH)–C–C–N with tert-alkyl or cyclic N) is 1. The molecule has 0 bridgehead atoms. The van der Waals surface area contributed by atoms with Crippen LogP contribution in [0.15, 0.2) is 60.1 Å². The summed E-state index contributed by atoms with van der Waals surface area (Å²) in [6, 6.07) is 15.6. The zero-order valence-electron chi connectivity index (χ0n) is 37.1. The standard InChI is InChI=1S/C47H62N10O5S/c1-29(32-10-12-33(13-11-32)42-30(2)49-28-63-42)50-45(61)39-22-35(58)27-57(39)46(62)43(47(3,4)5)51-41(60)16-19-54-17-14-31(15-18-54)25-55-20-21-56-34(26-55)24-48-44-38(56)23-37(52-53-44)36-8-6-7-9-40(36)59/h6-13,23,28-29,31,34-35,39,43,58-59H,14-22,24-27H2,1-5H3,(H,48,53)(H,50,61)(H,51,60)/t29?,34-,35-,39+,43?/m1/s1. The smallest absolute Gasteiger partial charge is 0.246 e. The molecule has 5 N–H and O–H groups in total. The number of hydrogen-bond acceptors (Lipinski definition) is 13. The summed E-state index contributed by atoms with van der Waals surface area (Å²) in [5.41, 5.74) is 6.54. The number of amides is 3. The number of aryl methyl sites for hydroxylation is 1. The van der Waals surface area contributed by atoms with Gasteiger partial charge in [0.2, 0.25) is 17.7 Å². The Morgan fingerprint density at radius 1 is 0.968 bits per heavy atom. The molecule has 3 fully saturated rings. The molecule has 4 aliphatic rings. The van der Waals surface area contributed by atoms with Crippen LogP contribution < -0.4 is 20.9 Å². The van der Waals surface area contributed by atoms with E-state index in [1.54, 1.807) is 23.5 Å². The number of phenolic OH excluding ortho intramolecular Hbond substituents is 1. The minimum absolute atomic E-state index is 0.0314. The first-order chi connectivity index (χ1) is 30.2. The number of piperidine rings is 1. The summed E-state index contributed by atoms with van der Waals surface area (Å²) in [5, 5.41) is 39.5. The molecule has 2 unspecified atom stereocenters. The van der Waals surface area contributed by atoms with Crippen molar-refractivity contribution in [1.82, 2.24) is 40.5 Å². The highest BCUT2D eigenvalue weighted by Crippen LogP contribution is 2.37. The van der Waals surface area contributed by atoms with Gasteiger partial charge in [0, 0.05) is 64.2 Å². The van der Waals surface area contributed by atoms with Gasteiger partial charge in [0.05, 0.1) is 45.7 Å². The number of thiazole rings is 1. The Labute approximate surface area is 374 Å². The molecule has 0 aliphatic carbocycles. The first-order valence-corrected chi connectivity index (χ1v) is 23.3. The van der Waals surface area contributed by atoms with E-state index in [4.69, 9.17) is 0 Å². The Morgan fingerprint density at radius 2 is 1.73 bits per heavy atom. The molecule has 2 aromatic carbocycles. The molecule has 3 saturated heterocycles. The molecule has 4 aliphatic heterocycles. The van der Waals surface area contributed by atoms with E-state index in [1.165, 1.54) is 4.90 Å². The Balaban J connectivity index is 0.791. The molecule has 336 valence electrons. The number of piperazine rings is 1. The van der Waals surface area contributed by atoms with Crippen LogP contribution in [0.25, 0.3) is 21.7 Å². The van der Waals surface area contributed by atoms with Crippen molar-refractivity contribution < 1.29 is 24.6 Å². The molecular weight excluding hydrogens is 817 g/mol. The Hall–Kier alpha value is -5.16. The topological polar surface area (TPSA) is 179 Å². The highest BCUT2D eigenvalue weighted by atomic mass is 32.1. The van der Waals surface area contributed by atoms with Crippen molar-refractivity contribution >= 4 is 40.6 Å². The van der Waals surface area contributed by atoms with Gasteiger partial charge < -0.3 is 40.9 Å². The minimum Gasteiger partial charge on any atom is -0.507 e. The van der Waals surface area contributed by atoms with E-state index in [0.29, 0.717) is 29.8 Å². The van der Waals surface area contributed by atoms with Crippen LogP contribution in [0.5, 0.6) is 5.75 Å². The molecule has 0 spiro atoms. The number of aliphatic hydroxyl groups excluding tert-OH is 1. The molecule has 0 radical (unpaired) electrons. The van der Waals surface area contributed by atoms with Crippen LogP contribution in [0.4, 0.5) is 11.5 Å². The van der Waals surface area contributed by atoms with Gasteiger partial charge in [0.1, 0.15) is 17.8 Å². The van der Waals surface area contributed by atoms with E-state index in [-0.39, 0.29) is 48.9 Å². The van der Waals surface area contributed by atoms with Crippen LogP contribution in [0.3, 0.4) is 0 Å². The number of nitrogens with zero attached hydrogens (tertiary/aromatic N) is 7. The second-order valence-corrected chi connectivity index (χ2v) is 19.7. The summed E-state index contributed by atoms with van der Waals surface area (Å²) in [6.45, 7) is 16.8. The van der Waals surface area contributed by atoms with Crippen molar-refractivity contribution in [3.8, 4) is 27.4 Å².